The summed E-state index contributed by atoms with van der Waals surface area (Å²) in [4.78, 5) is 12.0. The summed E-state index contributed by atoms with van der Waals surface area (Å²) in [6.45, 7) is 5.22. The molecule has 0 aromatic heterocycles. The predicted molar refractivity (Wildman–Crippen MR) is 212 cm³/mol. The zero-order chi connectivity index (χ0) is 34.0. The molecular formula is C45H90O2. The fourth-order valence-corrected chi connectivity index (χ4v) is 7.14. The number of hydrogen-bond donors (Lipinski definition) is 0. The van der Waals surface area contributed by atoms with Crippen molar-refractivity contribution in [1.82, 2.24) is 0 Å². The van der Waals surface area contributed by atoms with Gasteiger partial charge in [-0.2, -0.15) is 0 Å². The molecule has 0 aromatic rings. The van der Waals surface area contributed by atoms with Crippen molar-refractivity contribution in [1.29, 1.82) is 0 Å². The van der Waals surface area contributed by atoms with E-state index in [1.165, 1.54) is 244 Å². The first kappa shape index (κ1) is 46.5. The lowest BCUT2D eigenvalue weighted by atomic mass is 10.0. The third-order valence-electron chi connectivity index (χ3n) is 10.5. The smallest absolute Gasteiger partial charge is 0.305 e. The van der Waals surface area contributed by atoms with E-state index >= 15 is 0 Å². The molecule has 2 nitrogen and oxygen atoms in total. The molecule has 0 spiro atoms. The van der Waals surface area contributed by atoms with Crippen LogP contribution in [0.4, 0.5) is 0 Å². The third-order valence-corrected chi connectivity index (χ3v) is 10.5. The highest BCUT2D eigenvalue weighted by atomic mass is 16.5. The highest BCUT2D eigenvalue weighted by molar-refractivity contribution is 5.69. The van der Waals surface area contributed by atoms with Crippen LogP contribution in [-0.2, 0) is 9.53 Å². The maximum Gasteiger partial charge on any atom is 0.305 e. The van der Waals surface area contributed by atoms with Crippen molar-refractivity contribution < 1.29 is 9.53 Å². The minimum Gasteiger partial charge on any atom is -0.466 e. The molecular weight excluding hydrogens is 572 g/mol. The Kier molecular flexibility index (Phi) is 43.0. The summed E-state index contributed by atoms with van der Waals surface area (Å²) in [6, 6.07) is 0. The van der Waals surface area contributed by atoms with E-state index < -0.39 is 0 Å². The van der Waals surface area contributed by atoms with Gasteiger partial charge in [0.05, 0.1) is 6.61 Å². The van der Waals surface area contributed by atoms with Gasteiger partial charge in [0.1, 0.15) is 0 Å². The molecule has 0 rings (SSSR count). The molecule has 0 fully saturated rings. The highest BCUT2D eigenvalue weighted by Crippen LogP contribution is 2.17. The Morgan fingerprint density at radius 2 is 0.468 bits per heavy atom. The Hall–Kier alpha value is -0.530. The summed E-state index contributed by atoms with van der Waals surface area (Å²) in [5.74, 6) is 0.0297. The van der Waals surface area contributed by atoms with Crippen molar-refractivity contribution in [2.75, 3.05) is 6.61 Å². The van der Waals surface area contributed by atoms with Crippen LogP contribution in [0.3, 0.4) is 0 Å². The van der Waals surface area contributed by atoms with Gasteiger partial charge in [-0.05, 0) is 12.8 Å². The second-order valence-corrected chi connectivity index (χ2v) is 15.4. The number of esters is 1. The van der Waals surface area contributed by atoms with E-state index in [9.17, 15) is 4.79 Å². The molecule has 0 aliphatic rings. The van der Waals surface area contributed by atoms with Crippen LogP contribution in [0.5, 0.6) is 0 Å². The first-order valence-corrected chi connectivity index (χ1v) is 22.5. The maximum atomic E-state index is 12.0. The van der Waals surface area contributed by atoms with Gasteiger partial charge in [0.2, 0.25) is 0 Å². The van der Waals surface area contributed by atoms with Crippen LogP contribution in [0.2, 0.25) is 0 Å². The lowest BCUT2D eigenvalue weighted by molar-refractivity contribution is -0.143. The maximum absolute atomic E-state index is 12.0. The Morgan fingerprint density at radius 3 is 0.702 bits per heavy atom. The second kappa shape index (κ2) is 43.5. The summed E-state index contributed by atoms with van der Waals surface area (Å²) in [7, 11) is 0. The lowest BCUT2D eigenvalue weighted by Crippen LogP contribution is -2.05. The van der Waals surface area contributed by atoms with E-state index in [1.807, 2.05) is 0 Å². The van der Waals surface area contributed by atoms with Crippen LogP contribution in [-0.4, -0.2) is 12.6 Å². The monoisotopic (exact) mass is 663 g/mol. The van der Waals surface area contributed by atoms with E-state index in [-0.39, 0.29) is 5.97 Å². The Balaban J connectivity index is 3.12. The number of carbonyl (C=O) groups is 1. The van der Waals surface area contributed by atoms with E-state index in [0.29, 0.717) is 13.0 Å². The SMILES string of the molecule is CCCCCCCCCCCCCCCCCCCCCCCCCCCCCCCC(=O)OCCCCCCCCCCCCC. The second-order valence-electron chi connectivity index (χ2n) is 15.4. The van der Waals surface area contributed by atoms with Crippen molar-refractivity contribution in [3.8, 4) is 0 Å². The van der Waals surface area contributed by atoms with Crippen LogP contribution in [0, 0.1) is 0 Å². The van der Waals surface area contributed by atoms with Crippen LogP contribution in [0.1, 0.15) is 277 Å². The highest BCUT2D eigenvalue weighted by Gasteiger charge is 2.03. The zero-order valence-corrected chi connectivity index (χ0v) is 33.0. The normalized spacial score (nSPS) is 11.4. The quantitative estimate of drug-likeness (QED) is 0.0480. The number of unbranched alkanes of at least 4 members (excludes halogenated alkanes) is 38. The number of rotatable bonds is 42. The summed E-state index contributed by atoms with van der Waals surface area (Å²) < 4.78 is 5.45. The number of ether oxygens (including phenoxy) is 1. The molecule has 0 atom stereocenters. The van der Waals surface area contributed by atoms with Gasteiger partial charge in [0, 0.05) is 6.42 Å². The van der Waals surface area contributed by atoms with Crippen molar-refractivity contribution in [2.45, 2.75) is 277 Å². The zero-order valence-electron chi connectivity index (χ0n) is 33.0. The molecule has 0 N–H and O–H groups in total. The van der Waals surface area contributed by atoms with Crippen molar-refractivity contribution in [3.05, 3.63) is 0 Å². The molecule has 0 aliphatic carbocycles. The van der Waals surface area contributed by atoms with Gasteiger partial charge in [-0.15, -0.1) is 0 Å². The van der Waals surface area contributed by atoms with Crippen LogP contribution in [0.25, 0.3) is 0 Å². The third kappa shape index (κ3) is 43.4. The molecule has 0 aromatic carbocycles. The van der Waals surface area contributed by atoms with Gasteiger partial charge < -0.3 is 4.74 Å². The molecule has 282 valence electrons. The van der Waals surface area contributed by atoms with Crippen molar-refractivity contribution in [2.24, 2.45) is 0 Å². The summed E-state index contributed by atoms with van der Waals surface area (Å²) in [5.41, 5.74) is 0. The van der Waals surface area contributed by atoms with Crippen molar-refractivity contribution >= 4 is 5.97 Å². The van der Waals surface area contributed by atoms with Gasteiger partial charge in [-0.25, -0.2) is 0 Å². The Bertz CT molecular complexity index is 558. The van der Waals surface area contributed by atoms with E-state index in [4.69, 9.17) is 4.74 Å². The molecule has 0 heterocycles. The standard InChI is InChI=1S/C45H90O2/c1-3-5-7-9-11-13-15-16-17-18-19-20-21-22-23-24-25-26-27-28-29-30-31-32-33-35-37-39-41-43-45(46)47-44-42-40-38-36-34-14-12-10-8-6-4-2/h3-44H2,1-2H3. The van der Waals surface area contributed by atoms with Gasteiger partial charge in [-0.1, -0.05) is 258 Å². The summed E-state index contributed by atoms with van der Waals surface area (Å²) >= 11 is 0. The van der Waals surface area contributed by atoms with E-state index in [2.05, 4.69) is 13.8 Å². The topological polar surface area (TPSA) is 26.3 Å². The summed E-state index contributed by atoms with van der Waals surface area (Å²) in [5, 5.41) is 0. The van der Waals surface area contributed by atoms with Crippen LogP contribution < -0.4 is 0 Å². The molecule has 47 heavy (non-hydrogen) atoms. The minimum absolute atomic E-state index is 0.0297. The van der Waals surface area contributed by atoms with Crippen LogP contribution >= 0.6 is 0 Å². The summed E-state index contributed by atoms with van der Waals surface area (Å²) in [6.07, 6.45) is 56.5. The number of carbonyl (C=O) groups excluding carboxylic acids is 1. The molecule has 0 saturated heterocycles. The molecule has 0 aliphatic heterocycles. The molecule has 2 heteroatoms. The van der Waals surface area contributed by atoms with Gasteiger partial charge in [-0.3, -0.25) is 4.79 Å². The molecule has 0 radical (unpaired) electrons. The van der Waals surface area contributed by atoms with E-state index in [1.54, 1.807) is 0 Å². The average Bonchev–Trinajstić information content (AvgIpc) is 3.08. The first-order chi connectivity index (χ1) is 23.3. The molecule has 0 bridgehead atoms. The van der Waals surface area contributed by atoms with Gasteiger partial charge in [0.25, 0.3) is 0 Å². The molecule has 0 amide bonds. The van der Waals surface area contributed by atoms with Crippen LogP contribution in [0.15, 0.2) is 0 Å². The Morgan fingerprint density at radius 1 is 0.277 bits per heavy atom. The van der Waals surface area contributed by atoms with Gasteiger partial charge in [0.15, 0.2) is 0 Å². The van der Waals surface area contributed by atoms with E-state index in [0.717, 1.165) is 12.8 Å². The van der Waals surface area contributed by atoms with Crippen molar-refractivity contribution in [3.63, 3.8) is 0 Å². The fraction of sp³-hybridized carbons (Fsp3) is 0.978. The average molecular weight is 663 g/mol. The minimum atomic E-state index is 0.0297. The lowest BCUT2D eigenvalue weighted by Gasteiger charge is -2.06. The largest absolute Gasteiger partial charge is 0.466 e. The number of hydrogen-bond acceptors (Lipinski definition) is 2. The predicted octanol–water partition coefficient (Wildman–Crippen LogP) is 16.6. The molecule has 0 saturated carbocycles. The van der Waals surface area contributed by atoms with Gasteiger partial charge >= 0.3 is 5.97 Å². The first-order valence-electron chi connectivity index (χ1n) is 22.5. The molecule has 0 unspecified atom stereocenters. The fourth-order valence-electron chi connectivity index (χ4n) is 7.14. The Labute approximate surface area is 298 Å².